The fourth-order valence-electron chi connectivity index (χ4n) is 6.15. The Labute approximate surface area is 189 Å². The molecule has 168 valence electrons. The summed E-state index contributed by atoms with van der Waals surface area (Å²) >= 11 is 0. The van der Waals surface area contributed by atoms with Crippen molar-refractivity contribution in [2.75, 3.05) is 26.2 Å². The van der Waals surface area contributed by atoms with E-state index in [4.69, 9.17) is 9.73 Å². The van der Waals surface area contributed by atoms with Crippen LogP contribution in [0.1, 0.15) is 66.3 Å². The number of nitrogens with one attached hydrogen (secondary N) is 1. The van der Waals surface area contributed by atoms with Gasteiger partial charge in [0.05, 0.1) is 12.1 Å². The minimum atomic E-state index is -0.198. The third-order valence-electron chi connectivity index (χ3n) is 7.96. The number of amidine groups is 1. The van der Waals surface area contributed by atoms with Gasteiger partial charge in [-0.25, -0.2) is 9.38 Å². The second-order valence-corrected chi connectivity index (χ2v) is 9.88. The molecule has 0 bridgehead atoms. The van der Waals surface area contributed by atoms with E-state index in [9.17, 15) is 4.39 Å². The molecule has 5 heteroatoms. The number of halogens is 1. The van der Waals surface area contributed by atoms with Crippen molar-refractivity contribution in [3.8, 4) is 0 Å². The highest BCUT2D eigenvalue weighted by Gasteiger charge is 2.37. The quantitative estimate of drug-likeness (QED) is 0.756. The van der Waals surface area contributed by atoms with E-state index < -0.39 is 0 Å². The minimum absolute atomic E-state index is 0.0104. The molecular formula is C27H32FN3O. The number of hydrogen-bond donors (Lipinski definition) is 1. The van der Waals surface area contributed by atoms with E-state index in [0.717, 1.165) is 37.6 Å². The Morgan fingerprint density at radius 3 is 2.59 bits per heavy atom. The molecule has 0 unspecified atom stereocenters. The lowest BCUT2D eigenvalue weighted by molar-refractivity contribution is 0.215. The molecule has 6 rings (SSSR count). The van der Waals surface area contributed by atoms with Crippen molar-refractivity contribution >= 4 is 6.02 Å². The van der Waals surface area contributed by atoms with Crippen LogP contribution in [0.2, 0.25) is 0 Å². The molecular weight excluding hydrogens is 401 g/mol. The molecule has 0 radical (unpaired) electrons. The average molecular weight is 434 g/mol. The van der Waals surface area contributed by atoms with Crippen LogP contribution in [-0.2, 0) is 11.2 Å². The van der Waals surface area contributed by atoms with Crippen molar-refractivity contribution in [2.45, 2.75) is 56.5 Å². The molecule has 1 N–H and O–H groups in total. The molecule has 0 aromatic heterocycles. The van der Waals surface area contributed by atoms with E-state index in [1.54, 1.807) is 12.1 Å². The Kier molecular flexibility index (Phi) is 5.38. The Morgan fingerprint density at radius 1 is 1.00 bits per heavy atom. The third kappa shape index (κ3) is 3.71. The van der Waals surface area contributed by atoms with Gasteiger partial charge in [0.1, 0.15) is 12.4 Å². The summed E-state index contributed by atoms with van der Waals surface area (Å²) in [6, 6.07) is 15.1. The number of nitrogens with zero attached hydrogens (tertiary/aromatic N) is 2. The summed E-state index contributed by atoms with van der Waals surface area (Å²) in [7, 11) is 0. The maximum absolute atomic E-state index is 13.7. The number of hydrogen-bond acceptors (Lipinski definition) is 4. The van der Waals surface area contributed by atoms with Crippen LogP contribution in [0.25, 0.3) is 0 Å². The van der Waals surface area contributed by atoms with Gasteiger partial charge in [-0.2, -0.15) is 0 Å². The lowest BCUT2D eigenvalue weighted by atomic mass is 9.85. The molecule has 3 heterocycles. The summed E-state index contributed by atoms with van der Waals surface area (Å²) in [5, 5.41) is 3.45. The summed E-state index contributed by atoms with van der Waals surface area (Å²) in [5.41, 5.74) is 5.33. The van der Waals surface area contributed by atoms with Gasteiger partial charge in [0.25, 0.3) is 6.02 Å². The molecule has 3 atom stereocenters. The average Bonchev–Trinajstić information content (AvgIpc) is 3.61. The van der Waals surface area contributed by atoms with Gasteiger partial charge in [0, 0.05) is 13.1 Å². The summed E-state index contributed by atoms with van der Waals surface area (Å²) in [6.07, 6.45) is 7.48. The van der Waals surface area contributed by atoms with Crippen LogP contribution in [0.5, 0.6) is 0 Å². The van der Waals surface area contributed by atoms with Gasteiger partial charge in [-0.3, -0.25) is 0 Å². The third-order valence-corrected chi connectivity index (χ3v) is 7.96. The van der Waals surface area contributed by atoms with Gasteiger partial charge >= 0.3 is 0 Å². The molecule has 0 spiro atoms. The lowest BCUT2D eigenvalue weighted by Gasteiger charge is -2.38. The van der Waals surface area contributed by atoms with Crippen LogP contribution in [-0.4, -0.2) is 43.2 Å². The van der Waals surface area contributed by atoms with Crippen molar-refractivity contribution in [2.24, 2.45) is 10.9 Å². The molecule has 4 aliphatic rings. The second-order valence-electron chi connectivity index (χ2n) is 9.88. The Morgan fingerprint density at radius 2 is 1.81 bits per heavy atom. The monoisotopic (exact) mass is 433 g/mol. The first kappa shape index (κ1) is 20.2. The van der Waals surface area contributed by atoms with Crippen LogP contribution in [0.4, 0.5) is 4.39 Å². The van der Waals surface area contributed by atoms with Crippen LogP contribution >= 0.6 is 0 Å². The number of benzene rings is 2. The topological polar surface area (TPSA) is 36.9 Å². The van der Waals surface area contributed by atoms with Gasteiger partial charge in [-0.05, 0) is 78.5 Å². The predicted octanol–water partition coefficient (Wildman–Crippen LogP) is 4.80. The van der Waals surface area contributed by atoms with Crippen LogP contribution in [0, 0.1) is 11.7 Å². The van der Waals surface area contributed by atoms with E-state index in [1.165, 1.54) is 48.8 Å². The van der Waals surface area contributed by atoms with E-state index in [1.807, 2.05) is 12.1 Å². The molecule has 1 saturated heterocycles. The Balaban J connectivity index is 1.35. The molecule has 0 amide bonds. The van der Waals surface area contributed by atoms with Crippen molar-refractivity contribution in [3.63, 3.8) is 0 Å². The maximum Gasteiger partial charge on any atom is 0.288 e. The molecule has 4 nitrogen and oxygen atoms in total. The van der Waals surface area contributed by atoms with Crippen LogP contribution in [0.3, 0.4) is 0 Å². The van der Waals surface area contributed by atoms with Gasteiger partial charge in [0.2, 0.25) is 0 Å². The molecule has 1 saturated carbocycles. The van der Waals surface area contributed by atoms with Gasteiger partial charge < -0.3 is 15.0 Å². The fraction of sp³-hybridized carbons (Fsp3) is 0.519. The van der Waals surface area contributed by atoms with Crippen molar-refractivity contribution in [3.05, 3.63) is 70.5 Å². The number of ether oxygens (including phenoxy) is 1. The molecule has 3 aliphatic heterocycles. The number of fused-ring (bicyclic) bond motifs is 1. The highest BCUT2D eigenvalue weighted by atomic mass is 19.1. The zero-order chi connectivity index (χ0) is 21.5. The van der Waals surface area contributed by atoms with E-state index >= 15 is 0 Å². The van der Waals surface area contributed by atoms with Gasteiger partial charge in [0.15, 0.2) is 0 Å². The maximum atomic E-state index is 13.7. The smallest absolute Gasteiger partial charge is 0.288 e. The Hall–Kier alpha value is -2.40. The fourth-order valence-corrected chi connectivity index (χ4v) is 6.15. The molecule has 2 aromatic rings. The molecule has 2 fully saturated rings. The highest BCUT2D eigenvalue weighted by molar-refractivity contribution is 5.77. The predicted molar refractivity (Wildman–Crippen MR) is 124 cm³/mol. The Bertz CT molecular complexity index is 992. The van der Waals surface area contributed by atoms with Crippen LogP contribution < -0.4 is 5.32 Å². The number of aliphatic imine (C=N–C) groups is 1. The molecule has 32 heavy (non-hydrogen) atoms. The largest absolute Gasteiger partial charge is 0.463 e. The summed E-state index contributed by atoms with van der Waals surface area (Å²) < 4.78 is 19.9. The normalized spacial score (nSPS) is 28.0. The van der Waals surface area contributed by atoms with Gasteiger partial charge in [-0.15, -0.1) is 0 Å². The first-order chi connectivity index (χ1) is 15.8. The standard InChI is InChI=1S/C27H32FN3O/c28-23-8-5-19(6-9-23)26-24-10-7-20(18-3-1-2-4-18)15-21(24)12-14-31(26)27-30-25(17-32-27)22-11-13-29-16-22/h5-10,15,18,22,25-26,29H,1-4,11-14,16-17H2/t22-,25+,26+/m1/s1. The van der Waals surface area contributed by atoms with Crippen molar-refractivity contribution in [1.82, 2.24) is 10.2 Å². The van der Waals surface area contributed by atoms with E-state index in [2.05, 4.69) is 28.4 Å². The SMILES string of the molecule is Fc1ccc([C@H]2c3ccc(C4CCCC4)cc3CCN2C2=N[C@H]([C@@H]3CCNC3)CO2)cc1. The zero-order valence-corrected chi connectivity index (χ0v) is 18.6. The van der Waals surface area contributed by atoms with E-state index in [-0.39, 0.29) is 17.9 Å². The minimum Gasteiger partial charge on any atom is -0.463 e. The first-order valence-corrected chi connectivity index (χ1v) is 12.3. The zero-order valence-electron chi connectivity index (χ0n) is 18.6. The first-order valence-electron chi connectivity index (χ1n) is 12.3. The van der Waals surface area contributed by atoms with Gasteiger partial charge in [-0.1, -0.05) is 43.2 Å². The summed E-state index contributed by atoms with van der Waals surface area (Å²) in [4.78, 5) is 7.36. The molecule has 2 aromatic carbocycles. The number of rotatable bonds is 3. The summed E-state index contributed by atoms with van der Waals surface area (Å²) in [5.74, 6) is 1.07. The van der Waals surface area contributed by atoms with Crippen molar-refractivity contribution < 1.29 is 9.13 Å². The van der Waals surface area contributed by atoms with Crippen molar-refractivity contribution in [1.29, 1.82) is 0 Å². The lowest BCUT2D eigenvalue weighted by Crippen LogP contribution is -2.40. The highest BCUT2D eigenvalue weighted by Crippen LogP contribution is 2.40. The summed E-state index contributed by atoms with van der Waals surface area (Å²) in [6.45, 7) is 3.64. The molecule has 1 aliphatic carbocycles. The van der Waals surface area contributed by atoms with E-state index in [0.29, 0.717) is 18.4 Å². The van der Waals surface area contributed by atoms with Crippen LogP contribution in [0.15, 0.2) is 47.5 Å². The second kappa shape index (κ2) is 8.51.